The van der Waals surface area contributed by atoms with E-state index in [9.17, 15) is 4.79 Å². The number of aromatic nitrogens is 3. The largest absolute Gasteiger partial charge is 0.369 e. The number of hydrogen-bond donors (Lipinski definition) is 2. The third-order valence-corrected chi connectivity index (χ3v) is 7.37. The molecule has 0 bridgehead atoms. The molecule has 38 heavy (non-hydrogen) atoms. The molecule has 8 nitrogen and oxygen atoms in total. The van der Waals surface area contributed by atoms with Gasteiger partial charge >= 0.3 is 0 Å². The van der Waals surface area contributed by atoms with Crippen molar-refractivity contribution in [3.8, 4) is 11.1 Å². The van der Waals surface area contributed by atoms with Gasteiger partial charge in [-0.1, -0.05) is 42.5 Å². The lowest BCUT2D eigenvalue weighted by Crippen LogP contribution is -2.43. The molecule has 194 valence electrons. The predicted octanol–water partition coefficient (Wildman–Crippen LogP) is 4.43. The number of nitrogens with one attached hydrogen (secondary N) is 2. The van der Waals surface area contributed by atoms with Crippen molar-refractivity contribution in [1.29, 1.82) is 0 Å². The topological polar surface area (TPSA) is 78.3 Å². The lowest BCUT2D eigenvalue weighted by atomic mass is 10.1. The maximum atomic E-state index is 13.0. The second-order valence-electron chi connectivity index (χ2n) is 9.90. The van der Waals surface area contributed by atoms with E-state index in [1.54, 1.807) is 12.3 Å². The van der Waals surface area contributed by atoms with Gasteiger partial charge in [0, 0.05) is 57.2 Å². The van der Waals surface area contributed by atoms with Crippen LogP contribution in [0, 0.1) is 0 Å². The molecule has 1 unspecified atom stereocenters. The van der Waals surface area contributed by atoms with Crippen LogP contribution in [0.1, 0.15) is 24.9 Å². The standard InChI is InChI=1S/C30H33N7O/c1-22(24-9-5-10-26(19-24)35-17-13-31-14-18-35)33-30-32-12-11-27(34-30)36-15-6-16-37-28(36)20-25(21-29(37)38)23-7-3-2-4-8-23/h2-5,7-12,19-22,31H,6,13-18H2,1H3,(H,32,33,34). The lowest BCUT2D eigenvalue weighted by Gasteiger charge is -2.32. The Hall–Kier alpha value is -4.17. The van der Waals surface area contributed by atoms with Gasteiger partial charge in [-0.25, -0.2) is 4.98 Å². The maximum absolute atomic E-state index is 13.0. The SMILES string of the molecule is CC(Nc1nccc(N2CCCn3c2cc(-c2ccccc2)cc3=O)n1)c1cccc(N2CCNCC2)c1. The summed E-state index contributed by atoms with van der Waals surface area (Å²) in [5.41, 5.74) is 4.39. The highest BCUT2D eigenvalue weighted by atomic mass is 16.1. The first-order chi connectivity index (χ1) is 18.7. The number of piperazine rings is 1. The van der Waals surface area contributed by atoms with Gasteiger partial charge < -0.3 is 20.4 Å². The third kappa shape index (κ3) is 4.99. The van der Waals surface area contributed by atoms with Gasteiger partial charge in [-0.05, 0) is 54.3 Å². The zero-order valence-corrected chi connectivity index (χ0v) is 21.7. The van der Waals surface area contributed by atoms with Crippen LogP contribution in [-0.4, -0.2) is 47.3 Å². The summed E-state index contributed by atoms with van der Waals surface area (Å²) < 4.78 is 1.84. The summed E-state index contributed by atoms with van der Waals surface area (Å²) in [5, 5.41) is 6.91. The second-order valence-corrected chi connectivity index (χ2v) is 9.90. The second kappa shape index (κ2) is 10.7. The third-order valence-electron chi connectivity index (χ3n) is 7.37. The average Bonchev–Trinajstić information content (AvgIpc) is 2.98. The molecule has 4 aromatic rings. The fourth-order valence-electron chi connectivity index (χ4n) is 5.32. The molecule has 6 rings (SSSR count). The van der Waals surface area contributed by atoms with E-state index in [2.05, 4.69) is 62.7 Å². The van der Waals surface area contributed by atoms with Crippen LogP contribution >= 0.6 is 0 Å². The van der Waals surface area contributed by atoms with E-state index >= 15 is 0 Å². The highest BCUT2D eigenvalue weighted by molar-refractivity contribution is 5.69. The van der Waals surface area contributed by atoms with E-state index in [0.29, 0.717) is 12.5 Å². The number of hydrogen-bond acceptors (Lipinski definition) is 7. The van der Waals surface area contributed by atoms with Crippen molar-refractivity contribution >= 4 is 23.3 Å². The summed E-state index contributed by atoms with van der Waals surface area (Å²) in [4.78, 5) is 27.0. The molecule has 2 aliphatic rings. The summed E-state index contributed by atoms with van der Waals surface area (Å²) >= 11 is 0. The highest BCUT2D eigenvalue weighted by Crippen LogP contribution is 2.31. The van der Waals surface area contributed by atoms with Gasteiger partial charge in [0.1, 0.15) is 11.6 Å². The minimum Gasteiger partial charge on any atom is -0.369 e. The van der Waals surface area contributed by atoms with E-state index in [0.717, 1.165) is 61.9 Å². The summed E-state index contributed by atoms with van der Waals surface area (Å²) in [6, 6.07) is 24.5. The summed E-state index contributed by atoms with van der Waals surface area (Å²) in [7, 11) is 0. The molecule has 2 aliphatic heterocycles. The van der Waals surface area contributed by atoms with Gasteiger partial charge in [0.05, 0.1) is 6.04 Å². The smallest absolute Gasteiger partial charge is 0.252 e. The Morgan fingerprint density at radius 1 is 0.895 bits per heavy atom. The van der Waals surface area contributed by atoms with Crippen LogP contribution in [0.2, 0.25) is 0 Å². The van der Waals surface area contributed by atoms with Crippen molar-refractivity contribution in [1.82, 2.24) is 19.9 Å². The summed E-state index contributed by atoms with van der Waals surface area (Å²) in [5.74, 6) is 2.22. The van der Waals surface area contributed by atoms with Crippen LogP contribution in [0.5, 0.6) is 0 Å². The molecule has 2 aromatic heterocycles. The van der Waals surface area contributed by atoms with Crippen molar-refractivity contribution in [2.24, 2.45) is 0 Å². The Morgan fingerprint density at radius 3 is 2.58 bits per heavy atom. The summed E-state index contributed by atoms with van der Waals surface area (Å²) in [6.45, 7) is 7.68. The van der Waals surface area contributed by atoms with Crippen LogP contribution < -0.4 is 26.0 Å². The highest BCUT2D eigenvalue weighted by Gasteiger charge is 2.22. The molecule has 1 saturated heterocycles. The molecule has 0 amide bonds. The molecule has 0 radical (unpaired) electrons. The predicted molar refractivity (Wildman–Crippen MR) is 153 cm³/mol. The molecule has 1 atom stereocenters. The number of nitrogens with zero attached hydrogens (tertiary/aromatic N) is 5. The van der Waals surface area contributed by atoms with Crippen molar-refractivity contribution < 1.29 is 0 Å². The Bertz CT molecular complexity index is 1460. The fraction of sp³-hybridized carbons (Fsp3) is 0.300. The first-order valence-corrected chi connectivity index (χ1v) is 13.4. The molecule has 8 heteroatoms. The van der Waals surface area contributed by atoms with Crippen LogP contribution in [0.25, 0.3) is 11.1 Å². The van der Waals surface area contributed by atoms with Gasteiger partial charge in [0.2, 0.25) is 5.95 Å². The summed E-state index contributed by atoms with van der Waals surface area (Å²) in [6.07, 6.45) is 2.66. The van der Waals surface area contributed by atoms with Gasteiger partial charge in [0.15, 0.2) is 0 Å². The van der Waals surface area contributed by atoms with E-state index < -0.39 is 0 Å². The molecule has 2 N–H and O–H groups in total. The Kier molecular flexibility index (Phi) is 6.79. The van der Waals surface area contributed by atoms with Crippen LogP contribution in [-0.2, 0) is 6.54 Å². The molecule has 0 saturated carbocycles. The van der Waals surface area contributed by atoms with Crippen molar-refractivity contribution in [3.63, 3.8) is 0 Å². The van der Waals surface area contributed by atoms with E-state index in [4.69, 9.17) is 4.98 Å². The Labute approximate surface area is 223 Å². The Balaban J connectivity index is 1.26. The van der Waals surface area contributed by atoms with E-state index in [1.165, 1.54) is 11.3 Å². The molecule has 0 spiro atoms. The molecular weight excluding hydrogens is 474 g/mol. The van der Waals surface area contributed by atoms with Crippen LogP contribution in [0.4, 0.5) is 23.3 Å². The van der Waals surface area contributed by atoms with Crippen LogP contribution in [0.15, 0.2) is 83.8 Å². The van der Waals surface area contributed by atoms with Gasteiger partial charge in [-0.15, -0.1) is 0 Å². The van der Waals surface area contributed by atoms with E-state index in [-0.39, 0.29) is 11.6 Å². The molecule has 0 aliphatic carbocycles. The lowest BCUT2D eigenvalue weighted by molar-refractivity contribution is 0.574. The van der Waals surface area contributed by atoms with Crippen molar-refractivity contribution in [2.45, 2.75) is 25.9 Å². The van der Waals surface area contributed by atoms with Crippen molar-refractivity contribution in [2.75, 3.05) is 47.8 Å². The maximum Gasteiger partial charge on any atom is 0.252 e. The zero-order valence-electron chi connectivity index (χ0n) is 21.7. The van der Waals surface area contributed by atoms with Gasteiger partial charge in [-0.3, -0.25) is 9.36 Å². The molecule has 4 heterocycles. The number of rotatable bonds is 6. The number of anilines is 4. The van der Waals surface area contributed by atoms with Gasteiger partial charge in [0.25, 0.3) is 5.56 Å². The van der Waals surface area contributed by atoms with E-state index in [1.807, 2.05) is 41.0 Å². The first-order valence-electron chi connectivity index (χ1n) is 13.4. The number of fused-ring (bicyclic) bond motifs is 1. The number of pyridine rings is 1. The monoisotopic (exact) mass is 507 g/mol. The minimum absolute atomic E-state index is 0.0106. The zero-order chi connectivity index (χ0) is 25.9. The molecule has 1 fully saturated rings. The minimum atomic E-state index is 0.0106. The van der Waals surface area contributed by atoms with Gasteiger partial charge in [-0.2, -0.15) is 4.98 Å². The Morgan fingerprint density at radius 2 is 1.74 bits per heavy atom. The average molecular weight is 508 g/mol. The van der Waals surface area contributed by atoms with Crippen LogP contribution in [0.3, 0.4) is 0 Å². The fourth-order valence-corrected chi connectivity index (χ4v) is 5.32. The quantitative estimate of drug-likeness (QED) is 0.400. The number of benzene rings is 2. The van der Waals surface area contributed by atoms with Crippen molar-refractivity contribution in [3.05, 3.63) is 94.9 Å². The molecule has 2 aromatic carbocycles. The first kappa shape index (κ1) is 24.2. The molecular formula is C30H33N7O. The normalized spacial score (nSPS) is 16.1.